The van der Waals surface area contributed by atoms with Crippen LogP contribution in [0.1, 0.15) is 17.6 Å². The predicted molar refractivity (Wildman–Crippen MR) is 69.7 cm³/mol. The summed E-state index contributed by atoms with van der Waals surface area (Å²) >= 11 is 1.43. The zero-order valence-electron chi connectivity index (χ0n) is 9.84. The van der Waals surface area contributed by atoms with E-state index in [0.29, 0.717) is 5.76 Å². The van der Waals surface area contributed by atoms with Crippen molar-refractivity contribution in [3.8, 4) is 0 Å². The van der Waals surface area contributed by atoms with Gasteiger partial charge in [-0.3, -0.25) is 5.32 Å². The molecule has 1 atom stereocenters. The standard InChI is InChI=1S/C12H14N2O3S/c1-8-4-5-10(17-8)9(15)7-13-12(16)14-11-3-2-6-18-11/h2-6,9,15H,7H2,1H3,(H2,13,14,16). The van der Waals surface area contributed by atoms with Gasteiger partial charge in [-0.1, -0.05) is 0 Å². The number of hydrogen-bond acceptors (Lipinski definition) is 4. The number of aliphatic hydroxyl groups is 1. The number of rotatable bonds is 4. The molecule has 6 heteroatoms. The van der Waals surface area contributed by atoms with Crippen LogP contribution in [0, 0.1) is 6.92 Å². The number of furan rings is 1. The maximum Gasteiger partial charge on any atom is 0.319 e. The van der Waals surface area contributed by atoms with Gasteiger partial charge in [-0.2, -0.15) is 0 Å². The second-order valence-electron chi connectivity index (χ2n) is 3.78. The van der Waals surface area contributed by atoms with Gasteiger partial charge in [0, 0.05) is 0 Å². The highest BCUT2D eigenvalue weighted by atomic mass is 32.1. The van der Waals surface area contributed by atoms with Crippen molar-refractivity contribution in [3.05, 3.63) is 41.2 Å². The van der Waals surface area contributed by atoms with E-state index in [4.69, 9.17) is 4.42 Å². The van der Waals surface area contributed by atoms with E-state index in [0.717, 1.165) is 10.8 Å². The largest absolute Gasteiger partial charge is 0.464 e. The summed E-state index contributed by atoms with van der Waals surface area (Å²) in [6, 6.07) is 6.76. The fourth-order valence-electron chi connectivity index (χ4n) is 1.43. The Bertz CT molecular complexity index is 507. The Hall–Kier alpha value is -1.79. The van der Waals surface area contributed by atoms with Crippen molar-refractivity contribution < 1.29 is 14.3 Å². The molecule has 0 saturated carbocycles. The van der Waals surface area contributed by atoms with Crippen molar-refractivity contribution in [1.29, 1.82) is 0 Å². The molecule has 2 aromatic rings. The van der Waals surface area contributed by atoms with Gasteiger partial charge in [-0.25, -0.2) is 4.79 Å². The molecule has 18 heavy (non-hydrogen) atoms. The van der Waals surface area contributed by atoms with Crippen LogP contribution in [0.25, 0.3) is 0 Å². The number of hydrogen-bond donors (Lipinski definition) is 3. The number of aryl methyl sites for hydroxylation is 1. The van der Waals surface area contributed by atoms with Gasteiger partial charge in [0.15, 0.2) is 0 Å². The van der Waals surface area contributed by atoms with Gasteiger partial charge < -0.3 is 14.8 Å². The molecule has 0 saturated heterocycles. The Labute approximate surface area is 108 Å². The van der Waals surface area contributed by atoms with Gasteiger partial charge in [0.05, 0.1) is 11.5 Å². The quantitative estimate of drug-likeness (QED) is 0.796. The summed E-state index contributed by atoms with van der Waals surface area (Å²) in [6.07, 6.45) is -0.840. The third-order valence-corrected chi connectivity index (χ3v) is 3.09. The van der Waals surface area contributed by atoms with E-state index in [2.05, 4.69) is 10.6 Å². The van der Waals surface area contributed by atoms with Crippen molar-refractivity contribution in [3.63, 3.8) is 0 Å². The van der Waals surface area contributed by atoms with Crippen molar-refractivity contribution in [1.82, 2.24) is 5.32 Å². The molecular formula is C12H14N2O3S. The molecule has 2 rings (SSSR count). The number of amides is 2. The minimum atomic E-state index is -0.840. The number of carbonyl (C=O) groups excluding carboxylic acids is 1. The number of urea groups is 1. The van der Waals surface area contributed by atoms with Crippen LogP contribution in [0.15, 0.2) is 34.1 Å². The summed E-state index contributed by atoms with van der Waals surface area (Å²) in [4.78, 5) is 11.5. The van der Waals surface area contributed by atoms with Crippen LogP contribution in [0.3, 0.4) is 0 Å². The van der Waals surface area contributed by atoms with Crippen molar-refractivity contribution in [2.24, 2.45) is 0 Å². The molecule has 0 aliphatic rings. The van der Waals surface area contributed by atoms with E-state index in [1.54, 1.807) is 25.1 Å². The first-order valence-electron chi connectivity index (χ1n) is 5.48. The molecule has 2 aromatic heterocycles. The van der Waals surface area contributed by atoms with Gasteiger partial charge in [0.25, 0.3) is 0 Å². The van der Waals surface area contributed by atoms with E-state index in [1.165, 1.54) is 11.3 Å². The van der Waals surface area contributed by atoms with Crippen molar-refractivity contribution in [2.75, 3.05) is 11.9 Å². The average Bonchev–Trinajstić information content (AvgIpc) is 2.97. The minimum absolute atomic E-state index is 0.101. The first-order chi connectivity index (χ1) is 8.65. The molecule has 0 aromatic carbocycles. The van der Waals surface area contributed by atoms with Gasteiger partial charge in [0.1, 0.15) is 17.6 Å². The minimum Gasteiger partial charge on any atom is -0.464 e. The van der Waals surface area contributed by atoms with Crippen molar-refractivity contribution >= 4 is 22.4 Å². The molecule has 0 bridgehead atoms. The Morgan fingerprint density at radius 3 is 2.94 bits per heavy atom. The lowest BCUT2D eigenvalue weighted by molar-refractivity contribution is 0.148. The normalized spacial score (nSPS) is 12.1. The van der Waals surface area contributed by atoms with E-state index in [1.807, 2.05) is 11.4 Å². The monoisotopic (exact) mass is 266 g/mol. The first-order valence-corrected chi connectivity index (χ1v) is 6.36. The Balaban J connectivity index is 1.79. The summed E-state index contributed by atoms with van der Waals surface area (Å²) in [6.45, 7) is 1.90. The molecule has 3 N–H and O–H groups in total. The molecule has 0 radical (unpaired) electrons. The molecule has 0 aliphatic heterocycles. The molecule has 0 fully saturated rings. The number of carbonyl (C=O) groups is 1. The zero-order chi connectivity index (χ0) is 13.0. The molecule has 2 heterocycles. The zero-order valence-corrected chi connectivity index (χ0v) is 10.7. The summed E-state index contributed by atoms with van der Waals surface area (Å²) in [5.74, 6) is 1.18. The Kier molecular flexibility index (Phi) is 4.01. The van der Waals surface area contributed by atoms with Crippen LogP contribution in [-0.4, -0.2) is 17.7 Å². The second-order valence-corrected chi connectivity index (χ2v) is 4.72. The second kappa shape index (κ2) is 5.70. The van der Waals surface area contributed by atoms with Crippen LogP contribution >= 0.6 is 11.3 Å². The van der Waals surface area contributed by atoms with E-state index in [9.17, 15) is 9.90 Å². The van der Waals surface area contributed by atoms with Crippen LogP contribution in [-0.2, 0) is 0 Å². The van der Waals surface area contributed by atoms with E-state index < -0.39 is 6.10 Å². The average molecular weight is 266 g/mol. The highest BCUT2D eigenvalue weighted by Crippen LogP contribution is 2.16. The lowest BCUT2D eigenvalue weighted by Crippen LogP contribution is -2.32. The number of aliphatic hydroxyl groups excluding tert-OH is 1. The maximum atomic E-state index is 11.5. The molecular weight excluding hydrogens is 252 g/mol. The third-order valence-electron chi connectivity index (χ3n) is 2.30. The van der Waals surface area contributed by atoms with Gasteiger partial charge in [-0.05, 0) is 36.6 Å². The molecule has 5 nitrogen and oxygen atoms in total. The Morgan fingerprint density at radius 1 is 1.50 bits per heavy atom. The predicted octanol–water partition coefficient (Wildman–Crippen LogP) is 2.50. The fourth-order valence-corrected chi connectivity index (χ4v) is 2.04. The highest BCUT2D eigenvalue weighted by molar-refractivity contribution is 7.14. The molecule has 2 amide bonds. The van der Waals surface area contributed by atoms with Crippen molar-refractivity contribution in [2.45, 2.75) is 13.0 Å². The molecule has 1 unspecified atom stereocenters. The first kappa shape index (κ1) is 12.7. The smallest absolute Gasteiger partial charge is 0.319 e. The summed E-state index contributed by atoms with van der Waals surface area (Å²) in [5, 5.41) is 17.6. The Morgan fingerprint density at radius 2 is 2.33 bits per heavy atom. The number of anilines is 1. The van der Waals surface area contributed by atoms with Crippen LogP contribution in [0.5, 0.6) is 0 Å². The van der Waals surface area contributed by atoms with Gasteiger partial charge in [0.2, 0.25) is 0 Å². The highest BCUT2D eigenvalue weighted by Gasteiger charge is 2.12. The number of thiophene rings is 1. The number of nitrogens with one attached hydrogen (secondary N) is 2. The maximum absolute atomic E-state index is 11.5. The SMILES string of the molecule is Cc1ccc(C(O)CNC(=O)Nc2cccs2)o1. The molecule has 0 aliphatic carbocycles. The summed E-state index contributed by atoms with van der Waals surface area (Å²) in [5.41, 5.74) is 0. The topological polar surface area (TPSA) is 74.5 Å². The molecule has 96 valence electrons. The lowest BCUT2D eigenvalue weighted by atomic mass is 10.3. The lowest BCUT2D eigenvalue weighted by Gasteiger charge is -2.09. The van der Waals surface area contributed by atoms with Gasteiger partial charge in [-0.15, -0.1) is 11.3 Å². The van der Waals surface area contributed by atoms with Gasteiger partial charge >= 0.3 is 6.03 Å². The third kappa shape index (κ3) is 3.35. The summed E-state index contributed by atoms with van der Waals surface area (Å²) < 4.78 is 5.26. The van der Waals surface area contributed by atoms with Crippen LogP contribution < -0.4 is 10.6 Å². The van der Waals surface area contributed by atoms with Crippen LogP contribution in [0.4, 0.5) is 9.80 Å². The molecule has 0 spiro atoms. The van der Waals surface area contributed by atoms with Crippen LogP contribution in [0.2, 0.25) is 0 Å². The summed E-state index contributed by atoms with van der Waals surface area (Å²) in [7, 11) is 0. The van der Waals surface area contributed by atoms with E-state index >= 15 is 0 Å². The fraction of sp³-hybridized carbons (Fsp3) is 0.250. The van der Waals surface area contributed by atoms with E-state index in [-0.39, 0.29) is 12.6 Å².